The Morgan fingerprint density at radius 2 is 1.93 bits per heavy atom. The van der Waals surface area contributed by atoms with Crippen molar-refractivity contribution in [2.75, 3.05) is 18.4 Å². The van der Waals surface area contributed by atoms with E-state index in [2.05, 4.69) is 59.3 Å². The van der Waals surface area contributed by atoms with Gasteiger partial charge in [-0.05, 0) is 67.8 Å². The normalized spacial score (nSPS) is 14.9. The fourth-order valence-corrected chi connectivity index (χ4v) is 4.36. The molecule has 3 aromatic rings. The van der Waals surface area contributed by atoms with Crippen LogP contribution in [0.15, 0.2) is 54.6 Å². The number of carbonyl (C=O) groups is 1. The van der Waals surface area contributed by atoms with Gasteiger partial charge in [0, 0.05) is 34.1 Å². The van der Waals surface area contributed by atoms with Crippen molar-refractivity contribution in [3.63, 3.8) is 0 Å². The average Bonchev–Trinajstić information content (AvgIpc) is 3.12. The largest absolute Gasteiger partial charge is 0.380 e. The number of thiophene rings is 1. The van der Waals surface area contributed by atoms with Gasteiger partial charge in [0.25, 0.3) is 5.91 Å². The predicted molar refractivity (Wildman–Crippen MR) is 122 cm³/mol. The molecule has 0 saturated carbocycles. The van der Waals surface area contributed by atoms with E-state index in [4.69, 9.17) is 0 Å². The van der Waals surface area contributed by atoms with Crippen LogP contribution in [0.2, 0.25) is 0 Å². The van der Waals surface area contributed by atoms with Crippen LogP contribution in [0.5, 0.6) is 0 Å². The Labute approximate surface area is 176 Å². The molecule has 0 bridgehead atoms. The second-order valence-corrected chi connectivity index (χ2v) is 9.05. The topological polar surface area (TPSA) is 53.2 Å². The standard InChI is InChI=1S/C24H27N3OS/c1-15-7-9-20(27-21-13-25-14-21)12-22(15)24(28)26-17(3)18-5-4-6-19(11-18)23-10-8-16(2)29-23/h4-12,17,21,25,27H,13-14H2,1-3H3,(H,26,28)/t17-/m1/s1. The molecule has 0 spiro atoms. The van der Waals surface area contributed by atoms with E-state index in [1.807, 2.05) is 32.0 Å². The van der Waals surface area contributed by atoms with E-state index in [0.29, 0.717) is 6.04 Å². The zero-order valence-corrected chi connectivity index (χ0v) is 17.9. The van der Waals surface area contributed by atoms with Gasteiger partial charge >= 0.3 is 0 Å². The fourth-order valence-electron chi connectivity index (χ4n) is 3.49. The molecule has 0 unspecified atom stereocenters. The summed E-state index contributed by atoms with van der Waals surface area (Å²) in [5, 5.41) is 9.89. The lowest BCUT2D eigenvalue weighted by Crippen LogP contribution is -2.51. The van der Waals surface area contributed by atoms with Gasteiger partial charge in [-0.2, -0.15) is 0 Å². The van der Waals surface area contributed by atoms with Gasteiger partial charge in [-0.3, -0.25) is 4.79 Å². The number of anilines is 1. The third-order valence-electron chi connectivity index (χ3n) is 5.39. The Hall–Kier alpha value is -2.63. The fraction of sp³-hybridized carbons (Fsp3) is 0.292. The summed E-state index contributed by atoms with van der Waals surface area (Å²) in [7, 11) is 0. The monoisotopic (exact) mass is 405 g/mol. The van der Waals surface area contributed by atoms with Gasteiger partial charge in [0.2, 0.25) is 0 Å². The Kier molecular flexibility index (Phi) is 5.69. The molecule has 2 heterocycles. The van der Waals surface area contributed by atoms with E-state index in [1.165, 1.54) is 15.3 Å². The SMILES string of the molecule is Cc1ccc(-c2cccc([C@@H](C)NC(=O)c3cc(NC4CNC4)ccc3C)c2)s1. The summed E-state index contributed by atoms with van der Waals surface area (Å²) >= 11 is 1.79. The lowest BCUT2D eigenvalue weighted by molar-refractivity contribution is 0.0939. The molecular weight excluding hydrogens is 378 g/mol. The zero-order chi connectivity index (χ0) is 20.4. The molecule has 1 aliphatic rings. The highest BCUT2D eigenvalue weighted by Gasteiger charge is 2.18. The molecule has 1 amide bonds. The maximum atomic E-state index is 13.0. The first-order valence-corrected chi connectivity index (χ1v) is 10.9. The van der Waals surface area contributed by atoms with E-state index in [1.54, 1.807) is 11.3 Å². The molecule has 1 atom stereocenters. The lowest BCUT2D eigenvalue weighted by atomic mass is 10.0. The summed E-state index contributed by atoms with van der Waals surface area (Å²) in [5.41, 5.74) is 5.00. The summed E-state index contributed by atoms with van der Waals surface area (Å²) in [6.45, 7) is 8.06. The van der Waals surface area contributed by atoms with Crippen molar-refractivity contribution in [1.82, 2.24) is 10.6 Å². The molecule has 3 N–H and O–H groups in total. The first-order valence-electron chi connectivity index (χ1n) is 10.0. The number of hydrogen-bond donors (Lipinski definition) is 3. The number of hydrogen-bond acceptors (Lipinski definition) is 4. The van der Waals surface area contributed by atoms with Crippen LogP contribution in [0.3, 0.4) is 0 Å². The number of aryl methyl sites for hydroxylation is 2. The van der Waals surface area contributed by atoms with Crippen LogP contribution < -0.4 is 16.0 Å². The van der Waals surface area contributed by atoms with Crippen LogP contribution in [0.1, 0.15) is 39.3 Å². The van der Waals surface area contributed by atoms with Gasteiger partial charge in [0.15, 0.2) is 0 Å². The highest BCUT2D eigenvalue weighted by molar-refractivity contribution is 7.15. The molecule has 0 radical (unpaired) electrons. The maximum Gasteiger partial charge on any atom is 0.252 e. The quantitative estimate of drug-likeness (QED) is 0.546. The summed E-state index contributed by atoms with van der Waals surface area (Å²) in [5.74, 6) is -0.0391. The first-order chi connectivity index (χ1) is 14.0. The summed E-state index contributed by atoms with van der Waals surface area (Å²) in [4.78, 5) is 15.5. The second-order valence-electron chi connectivity index (χ2n) is 7.76. The van der Waals surface area contributed by atoms with Gasteiger partial charge in [0.1, 0.15) is 0 Å². The van der Waals surface area contributed by atoms with E-state index in [0.717, 1.165) is 35.5 Å². The van der Waals surface area contributed by atoms with E-state index in [9.17, 15) is 4.79 Å². The van der Waals surface area contributed by atoms with Gasteiger partial charge in [0.05, 0.1) is 12.1 Å². The maximum absolute atomic E-state index is 13.0. The summed E-state index contributed by atoms with van der Waals surface area (Å²) in [6.07, 6.45) is 0. The number of amides is 1. The smallest absolute Gasteiger partial charge is 0.252 e. The van der Waals surface area contributed by atoms with E-state index >= 15 is 0 Å². The molecule has 2 aromatic carbocycles. The van der Waals surface area contributed by atoms with Crippen molar-refractivity contribution in [2.45, 2.75) is 32.9 Å². The molecule has 5 heteroatoms. The van der Waals surface area contributed by atoms with Crippen molar-refractivity contribution in [1.29, 1.82) is 0 Å². The van der Waals surface area contributed by atoms with Crippen LogP contribution in [0.25, 0.3) is 10.4 Å². The molecule has 4 nitrogen and oxygen atoms in total. The van der Waals surface area contributed by atoms with Crippen LogP contribution in [0.4, 0.5) is 5.69 Å². The zero-order valence-electron chi connectivity index (χ0n) is 17.1. The minimum absolute atomic E-state index is 0.0391. The minimum atomic E-state index is -0.0737. The lowest BCUT2D eigenvalue weighted by Gasteiger charge is -2.29. The predicted octanol–water partition coefficient (Wildman–Crippen LogP) is 4.91. The van der Waals surface area contributed by atoms with Crippen LogP contribution >= 0.6 is 11.3 Å². The Balaban J connectivity index is 1.49. The molecule has 1 saturated heterocycles. The number of rotatable bonds is 6. The van der Waals surface area contributed by atoms with Crippen LogP contribution in [-0.2, 0) is 0 Å². The van der Waals surface area contributed by atoms with E-state index < -0.39 is 0 Å². The van der Waals surface area contributed by atoms with Crippen molar-refractivity contribution in [3.05, 3.63) is 76.2 Å². The summed E-state index contributed by atoms with van der Waals surface area (Å²) in [6, 6.07) is 19.1. The number of carbonyl (C=O) groups excluding carboxylic acids is 1. The molecule has 1 fully saturated rings. The number of benzene rings is 2. The molecular formula is C24H27N3OS. The molecule has 150 valence electrons. The first kappa shape index (κ1) is 19.7. The minimum Gasteiger partial charge on any atom is -0.380 e. The highest BCUT2D eigenvalue weighted by atomic mass is 32.1. The van der Waals surface area contributed by atoms with Gasteiger partial charge in [-0.15, -0.1) is 11.3 Å². The average molecular weight is 406 g/mol. The second kappa shape index (κ2) is 8.39. The molecule has 29 heavy (non-hydrogen) atoms. The van der Waals surface area contributed by atoms with Crippen molar-refractivity contribution < 1.29 is 4.79 Å². The third-order valence-corrected chi connectivity index (χ3v) is 6.44. The van der Waals surface area contributed by atoms with Gasteiger partial charge in [-0.25, -0.2) is 0 Å². The number of nitrogens with one attached hydrogen (secondary N) is 3. The van der Waals surface area contributed by atoms with Crippen LogP contribution in [0, 0.1) is 13.8 Å². The van der Waals surface area contributed by atoms with E-state index in [-0.39, 0.29) is 11.9 Å². The van der Waals surface area contributed by atoms with Gasteiger partial charge in [-0.1, -0.05) is 24.3 Å². The summed E-state index contributed by atoms with van der Waals surface area (Å²) < 4.78 is 0. The highest BCUT2D eigenvalue weighted by Crippen LogP contribution is 2.29. The van der Waals surface area contributed by atoms with Crippen molar-refractivity contribution in [3.8, 4) is 10.4 Å². The van der Waals surface area contributed by atoms with Crippen molar-refractivity contribution >= 4 is 22.9 Å². The molecule has 0 aliphatic carbocycles. The van der Waals surface area contributed by atoms with Crippen molar-refractivity contribution in [2.24, 2.45) is 0 Å². The van der Waals surface area contributed by atoms with Crippen LogP contribution in [-0.4, -0.2) is 25.0 Å². The molecule has 1 aromatic heterocycles. The Morgan fingerprint density at radius 3 is 2.62 bits per heavy atom. The molecule has 4 rings (SSSR count). The Morgan fingerprint density at radius 1 is 1.10 bits per heavy atom. The molecule has 1 aliphatic heterocycles. The Bertz CT molecular complexity index is 1020. The van der Waals surface area contributed by atoms with Gasteiger partial charge < -0.3 is 16.0 Å². The third kappa shape index (κ3) is 4.52.